The van der Waals surface area contributed by atoms with Gasteiger partial charge < -0.3 is 14.3 Å². The molecule has 4 rings (SSSR count). The van der Waals surface area contributed by atoms with E-state index in [1.807, 2.05) is 43.3 Å². The van der Waals surface area contributed by atoms with E-state index in [1.165, 1.54) is 6.08 Å². The number of carbonyl (C=O) groups is 1. The maximum absolute atomic E-state index is 12.9. The lowest BCUT2D eigenvalue weighted by Gasteiger charge is -2.19. The highest BCUT2D eigenvalue weighted by Crippen LogP contribution is 2.22. The topological polar surface area (TPSA) is 110 Å². The number of ether oxygens (including phenoxy) is 1. The number of aryl methyl sites for hydroxylation is 1. The van der Waals surface area contributed by atoms with Gasteiger partial charge in [0.05, 0.1) is 12.3 Å². The van der Waals surface area contributed by atoms with Gasteiger partial charge in [0, 0.05) is 23.9 Å². The van der Waals surface area contributed by atoms with E-state index in [1.54, 1.807) is 48.5 Å². The minimum atomic E-state index is -3.99. The van der Waals surface area contributed by atoms with Crippen LogP contribution in [0.1, 0.15) is 22.6 Å². The van der Waals surface area contributed by atoms with Crippen LogP contribution in [0.3, 0.4) is 0 Å². The smallest absolute Gasteiger partial charge is 0.318 e. The Morgan fingerprint density at radius 3 is 2.45 bits per heavy atom. The molecule has 0 amide bonds. The summed E-state index contributed by atoms with van der Waals surface area (Å²) in [5.74, 6) is 0.576. The third-order valence-electron chi connectivity index (χ3n) is 5.68. The number of carboxylic acid groups (broad SMARTS) is 1. The van der Waals surface area contributed by atoms with Crippen molar-refractivity contribution in [2.75, 3.05) is 13.2 Å². The molecule has 0 bridgehead atoms. The number of carboxylic acids is 1. The summed E-state index contributed by atoms with van der Waals surface area (Å²) in [4.78, 5) is 16.0. The third-order valence-corrected chi connectivity index (χ3v) is 7.14. The SMILES string of the molecule is Cc1oc(-c2ccccc2)nc1CCOc1cccc(CN(CC(=O)O)S(=O)(=O)C=Cc2ccccc2)c1. The molecule has 8 nitrogen and oxygen atoms in total. The zero-order chi connectivity index (χ0) is 27.0. The molecule has 1 aromatic heterocycles. The zero-order valence-corrected chi connectivity index (χ0v) is 21.7. The van der Waals surface area contributed by atoms with E-state index >= 15 is 0 Å². The maximum atomic E-state index is 12.9. The summed E-state index contributed by atoms with van der Waals surface area (Å²) < 4.78 is 38.4. The van der Waals surface area contributed by atoms with Crippen LogP contribution in [-0.4, -0.2) is 41.9 Å². The molecule has 196 valence electrons. The molecule has 0 saturated carbocycles. The van der Waals surface area contributed by atoms with Gasteiger partial charge in [0.15, 0.2) is 0 Å². The van der Waals surface area contributed by atoms with E-state index in [0.29, 0.717) is 35.8 Å². The lowest BCUT2D eigenvalue weighted by molar-refractivity contribution is -0.137. The van der Waals surface area contributed by atoms with Crippen LogP contribution in [0.5, 0.6) is 5.75 Å². The van der Waals surface area contributed by atoms with Gasteiger partial charge in [-0.3, -0.25) is 4.79 Å². The number of hydrogen-bond acceptors (Lipinski definition) is 6. The molecule has 0 fully saturated rings. The van der Waals surface area contributed by atoms with Gasteiger partial charge in [-0.25, -0.2) is 13.4 Å². The molecule has 0 aliphatic rings. The molecule has 0 unspecified atom stereocenters. The molecule has 3 aromatic carbocycles. The predicted molar refractivity (Wildman–Crippen MR) is 145 cm³/mol. The van der Waals surface area contributed by atoms with Crippen LogP contribution in [0.2, 0.25) is 0 Å². The average Bonchev–Trinajstić information content (AvgIpc) is 3.28. The van der Waals surface area contributed by atoms with E-state index < -0.39 is 22.5 Å². The number of aromatic nitrogens is 1. The first-order valence-electron chi connectivity index (χ1n) is 12.0. The molecule has 0 saturated heterocycles. The number of hydrogen-bond donors (Lipinski definition) is 1. The van der Waals surface area contributed by atoms with E-state index in [4.69, 9.17) is 9.15 Å². The first-order chi connectivity index (χ1) is 18.3. The molecule has 9 heteroatoms. The van der Waals surface area contributed by atoms with Crippen LogP contribution in [0.15, 0.2) is 94.8 Å². The van der Waals surface area contributed by atoms with Crippen molar-refractivity contribution in [1.82, 2.24) is 9.29 Å². The molecular weight excluding hydrogens is 504 g/mol. The Morgan fingerprint density at radius 1 is 1.03 bits per heavy atom. The van der Waals surface area contributed by atoms with Gasteiger partial charge in [0.1, 0.15) is 18.1 Å². The fourth-order valence-electron chi connectivity index (χ4n) is 3.77. The summed E-state index contributed by atoms with van der Waals surface area (Å²) in [5, 5.41) is 10.3. The fraction of sp³-hybridized carbons (Fsp3) is 0.172. The second-order valence-electron chi connectivity index (χ2n) is 8.55. The van der Waals surface area contributed by atoms with Crippen LogP contribution in [0.4, 0.5) is 0 Å². The molecule has 4 aromatic rings. The third kappa shape index (κ3) is 7.41. The lowest BCUT2D eigenvalue weighted by Crippen LogP contribution is -2.33. The monoisotopic (exact) mass is 532 g/mol. The largest absolute Gasteiger partial charge is 0.493 e. The van der Waals surface area contributed by atoms with Crippen LogP contribution in [0.25, 0.3) is 17.5 Å². The number of benzene rings is 3. The Balaban J connectivity index is 1.41. The number of sulfonamides is 1. The molecule has 1 heterocycles. The number of aliphatic carboxylic acids is 1. The first kappa shape index (κ1) is 26.8. The van der Waals surface area contributed by atoms with E-state index in [0.717, 1.165) is 26.7 Å². The molecule has 0 aliphatic heterocycles. The van der Waals surface area contributed by atoms with Crippen LogP contribution >= 0.6 is 0 Å². The summed E-state index contributed by atoms with van der Waals surface area (Å²) in [6.45, 7) is 1.41. The zero-order valence-electron chi connectivity index (χ0n) is 20.9. The Morgan fingerprint density at radius 2 is 1.74 bits per heavy atom. The van der Waals surface area contributed by atoms with Gasteiger partial charge in [-0.2, -0.15) is 4.31 Å². The van der Waals surface area contributed by atoms with Crippen molar-refractivity contribution < 1.29 is 27.5 Å². The van der Waals surface area contributed by atoms with Crippen LogP contribution < -0.4 is 4.74 Å². The van der Waals surface area contributed by atoms with Crippen molar-refractivity contribution in [3.8, 4) is 17.2 Å². The summed E-state index contributed by atoms with van der Waals surface area (Å²) in [6, 6.07) is 25.5. The minimum Gasteiger partial charge on any atom is -0.493 e. The Kier molecular flexibility index (Phi) is 8.73. The summed E-state index contributed by atoms with van der Waals surface area (Å²) in [7, 11) is -3.99. The second-order valence-corrected chi connectivity index (χ2v) is 10.4. The van der Waals surface area contributed by atoms with Crippen LogP contribution in [0, 0.1) is 6.92 Å². The van der Waals surface area contributed by atoms with E-state index in [9.17, 15) is 18.3 Å². The summed E-state index contributed by atoms with van der Waals surface area (Å²) >= 11 is 0. The van der Waals surface area contributed by atoms with Crippen molar-refractivity contribution >= 4 is 22.1 Å². The predicted octanol–water partition coefficient (Wildman–Crippen LogP) is 5.16. The van der Waals surface area contributed by atoms with Gasteiger partial charge in [0.2, 0.25) is 15.9 Å². The van der Waals surface area contributed by atoms with Crippen molar-refractivity contribution in [2.45, 2.75) is 19.9 Å². The number of nitrogens with zero attached hydrogens (tertiary/aromatic N) is 2. The standard InChI is InChI=1S/C29H28N2O6S/c1-22-27(30-29(37-22)25-12-6-3-7-13-25)15-17-36-26-14-8-11-24(19-26)20-31(21-28(32)33)38(34,35)18-16-23-9-4-2-5-10-23/h2-14,16,18-19H,15,17,20-21H2,1H3,(H,32,33). The lowest BCUT2D eigenvalue weighted by atomic mass is 10.2. The fourth-order valence-corrected chi connectivity index (χ4v) is 4.89. The highest BCUT2D eigenvalue weighted by molar-refractivity contribution is 7.92. The minimum absolute atomic E-state index is 0.117. The highest BCUT2D eigenvalue weighted by atomic mass is 32.2. The molecule has 0 spiro atoms. The van der Waals surface area contributed by atoms with E-state index in [-0.39, 0.29) is 6.54 Å². The van der Waals surface area contributed by atoms with Gasteiger partial charge in [-0.05, 0) is 48.4 Å². The second kappa shape index (κ2) is 12.4. The molecular formula is C29H28N2O6S. The Labute approximate surface area is 221 Å². The summed E-state index contributed by atoms with van der Waals surface area (Å²) in [5.41, 5.74) is 2.99. The van der Waals surface area contributed by atoms with Gasteiger partial charge >= 0.3 is 5.97 Å². The van der Waals surface area contributed by atoms with Crippen molar-refractivity contribution in [2.24, 2.45) is 0 Å². The maximum Gasteiger partial charge on any atom is 0.318 e. The average molecular weight is 533 g/mol. The van der Waals surface area contributed by atoms with Crippen molar-refractivity contribution in [1.29, 1.82) is 0 Å². The normalized spacial score (nSPS) is 11.7. The molecule has 1 N–H and O–H groups in total. The quantitative estimate of drug-likeness (QED) is 0.268. The molecule has 0 radical (unpaired) electrons. The Hall–Kier alpha value is -4.21. The number of rotatable bonds is 12. The van der Waals surface area contributed by atoms with Gasteiger partial charge in [-0.15, -0.1) is 0 Å². The van der Waals surface area contributed by atoms with Gasteiger partial charge in [0.25, 0.3) is 0 Å². The molecule has 38 heavy (non-hydrogen) atoms. The number of oxazole rings is 1. The molecule has 0 aliphatic carbocycles. The summed E-state index contributed by atoms with van der Waals surface area (Å²) in [6.07, 6.45) is 1.97. The Bertz CT molecular complexity index is 1500. The van der Waals surface area contributed by atoms with Crippen molar-refractivity contribution in [3.05, 3.63) is 113 Å². The van der Waals surface area contributed by atoms with Gasteiger partial charge in [-0.1, -0.05) is 60.7 Å². The molecule has 0 atom stereocenters. The van der Waals surface area contributed by atoms with Crippen molar-refractivity contribution in [3.63, 3.8) is 0 Å². The first-order valence-corrected chi connectivity index (χ1v) is 13.5. The highest BCUT2D eigenvalue weighted by Gasteiger charge is 2.22. The van der Waals surface area contributed by atoms with Crippen LogP contribution in [-0.2, 0) is 27.8 Å². The van der Waals surface area contributed by atoms with E-state index in [2.05, 4.69) is 4.98 Å².